The summed E-state index contributed by atoms with van der Waals surface area (Å²) in [4.78, 5) is 27.2. The Morgan fingerprint density at radius 2 is 1.10 bits per heavy atom. The van der Waals surface area contributed by atoms with Crippen molar-refractivity contribution in [2.75, 3.05) is 38.9 Å². The second kappa shape index (κ2) is 26.4. The molecule has 6 rings (SSSR count). The number of halogens is 1. The normalized spacial score (nSPS) is 14.1. The molecule has 0 aromatic heterocycles. The lowest BCUT2D eigenvalue weighted by Crippen LogP contribution is -2.29. The summed E-state index contributed by atoms with van der Waals surface area (Å²) in [6.45, 7) is 14.6. The minimum Gasteiger partial charge on any atom is -0.493 e. The highest BCUT2D eigenvalue weighted by Gasteiger charge is 2.27. The van der Waals surface area contributed by atoms with E-state index in [1.54, 1.807) is 35.7 Å². The van der Waals surface area contributed by atoms with Crippen LogP contribution in [0, 0.1) is 23.7 Å². The van der Waals surface area contributed by atoms with Gasteiger partial charge in [-0.2, -0.15) is 0 Å². The van der Waals surface area contributed by atoms with E-state index in [0.29, 0.717) is 36.4 Å². The summed E-state index contributed by atoms with van der Waals surface area (Å²) in [6, 6.07) is 27.8. The molecule has 12 heteroatoms. The van der Waals surface area contributed by atoms with E-state index in [2.05, 4.69) is 80.2 Å². The zero-order valence-corrected chi connectivity index (χ0v) is 41.0. The number of esters is 2. The Morgan fingerprint density at radius 1 is 0.661 bits per heavy atom. The summed E-state index contributed by atoms with van der Waals surface area (Å²) in [6.07, 6.45) is 10.7. The molecule has 336 valence electrons. The van der Waals surface area contributed by atoms with Crippen molar-refractivity contribution in [3.63, 3.8) is 0 Å². The van der Waals surface area contributed by atoms with Crippen LogP contribution in [0.5, 0.6) is 11.5 Å². The smallest absolute Gasteiger partial charge is 0.488 e. The quantitative estimate of drug-likeness (QED) is 0.0505. The van der Waals surface area contributed by atoms with Gasteiger partial charge >= 0.3 is 19.1 Å². The Bertz CT molecular complexity index is 1970. The first-order valence-electron chi connectivity index (χ1n) is 21.9. The zero-order valence-electron chi connectivity index (χ0n) is 37.7. The molecule has 0 radical (unpaired) electrons. The number of hydrogen-bond donors (Lipinski definition) is 2. The Morgan fingerprint density at radius 3 is 1.50 bits per heavy atom. The molecule has 2 atom stereocenters. The Labute approximate surface area is 387 Å². The lowest BCUT2D eigenvalue weighted by atomic mass is 9.81. The van der Waals surface area contributed by atoms with Gasteiger partial charge in [-0.3, -0.25) is 9.59 Å². The highest BCUT2D eigenvalue weighted by Crippen LogP contribution is 2.38. The van der Waals surface area contributed by atoms with E-state index in [4.69, 9.17) is 29.0 Å². The summed E-state index contributed by atoms with van der Waals surface area (Å²) < 4.78 is 23.5. The fraction of sp³-hybridized carbons (Fsp3) is 0.480. The number of carbonyl (C=O) groups is 2. The summed E-state index contributed by atoms with van der Waals surface area (Å²) in [5.74, 6) is 3.23. The van der Waals surface area contributed by atoms with Crippen molar-refractivity contribution in [3.8, 4) is 22.6 Å². The van der Waals surface area contributed by atoms with E-state index >= 15 is 0 Å². The minimum absolute atomic E-state index is 0.142. The molecule has 4 aromatic carbocycles. The van der Waals surface area contributed by atoms with Crippen molar-refractivity contribution in [1.29, 1.82) is 0 Å². The first-order valence-corrected chi connectivity index (χ1v) is 25.2. The van der Waals surface area contributed by atoms with Crippen LogP contribution in [0.25, 0.3) is 11.1 Å². The van der Waals surface area contributed by atoms with Gasteiger partial charge in [0.1, 0.15) is 11.5 Å². The number of thioether (sulfide) groups is 2. The van der Waals surface area contributed by atoms with E-state index in [0.717, 1.165) is 75.1 Å². The van der Waals surface area contributed by atoms with Crippen molar-refractivity contribution in [3.05, 3.63) is 101 Å². The minimum atomic E-state index is -1.36. The van der Waals surface area contributed by atoms with E-state index in [9.17, 15) is 9.59 Å². The molecule has 0 heterocycles. The van der Waals surface area contributed by atoms with Crippen LogP contribution in [0.3, 0.4) is 0 Å². The Balaban J connectivity index is 0.000000225. The van der Waals surface area contributed by atoms with Crippen LogP contribution in [0.2, 0.25) is 0 Å². The molecule has 4 aromatic rings. The second-order valence-electron chi connectivity index (χ2n) is 16.7. The summed E-state index contributed by atoms with van der Waals surface area (Å²) in [5, 5.41) is 17.5. The Kier molecular flexibility index (Phi) is 21.8. The van der Waals surface area contributed by atoms with Crippen molar-refractivity contribution in [1.82, 2.24) is 0 Å². The van der Waals surface area contributed by atoms with Gasteiger partial charge in [-0.25, -0.2) is 0 Å². The second-order valence-corrected chi connectivity index (χ2v) is 19.3. The van der Waals surface area contributed by atoms with Gasteiger partial charge in [-0.15, -0.1) is 23.5 Å². The van der Waals surface area contributed by atoms with Gasteiger partial charge in [0.15, 0.2) is 0 Å². The topological polar surface area (TPSA) is 112 Å². The predicted octanol–water partition coefficient (Wildman–Crippen LogP) is 11.6. The van der Waals surface area contributed by atoms with Crippen LogP contribution < -0.4 is 14.9 Å². The molecular formula is C50H66BBrO8S2. The van der Waals surface area contributed by atoms with Gasteiger partial charge < -0.3 is 29.0 Å². The molecule has 2 aliphatic carbocycles. The van der Waals surface area contributed by atoms with Gasteiger partial charge in [0.05, 0.1) is 42.7 Å². The molecule has 2 fully saturated rings. The van der Waals surface area contributed by atoms with Crippen LogP contribution in [-0.4, -0.2) is 68.0 Å². The average molecular weight is 950 g/mol. The van der Waals surface area contributed by atoms with Gasteiger partial charge in [-0.05, 0) is 175 Å². The molecule has 0 saturated heterocycles. The molecule has 0 amide bonds. The predicted molar refractivity (Wildman–Crippen MR) is 260 cm³/mol. The third kappa shape index (κ3) is 17.3. The molecule has 2 unspecified atom stereocenters. The third-order valence-corrected chi connectivity index (χ3v) is 12.6. The summed E-state index contributed by atoms with van der Waals surface area (Å²) in [7, 11) is -1.36. The molecule has 62 heavy (non-hydrogen) atoms. The van der Waals surface area contributed by atoms with Crippen LogP contribution in [0.15, 0.2) is 99.2 Å². The molecule has 2 aliphatic rings. The molecule has 0 aliphatic heterocycles. The van der Waals surface area contributed by atoms with Crippen molar-refractivity contribution in [2.45, 2.75) is 102 Å². The number of rotatable bonds is 20. The fourth-order valence-corrected chi connectivity index (χ4v) is 7.99. The molecule has 2 saturated carbocycles. The van der Waals surface area contributed by atoms with Crippen LogP contribution in [-0.2, 0) is 19.1 Å². The van der Waals surface area contributed by atoms with Crippen LogP contribution >= 0.6 is 39.5 Å². The van der Waals surface area contributed by atoms with Crippen molar-refractivity contribution >= 4 is 64.0 Å². The molecule has 8 nitrogen and oxygen atoms in total. The number of carbonyl (C=O) groups excluding carboxylic acids is 2. The van der Waals surface area contributed by atoms with E-state index in [-0.39, 0.29) is 23.8 Å². The molecular weight excluding hydrogens is 883 g/mol. The highest BCUT2D eigenvalue weighted by atomic mass is 79.9. The standard InChI is InChI=1S/C25H32O3S.C18H25BrO3.C7H9BO2S/c1-5-27-25(26)23(14-17(2)3)20-10-13-24(28-16-18-6-7-18)22(15-20)19-8-11-21(29-4)12-9-19;1-4-21-18(20)15(9-12(2)3)14-7-8-17(16(19)10-14)22-11-13-5-6-13;1-11-7-4-2-6(3-5-7)8(9)10/h8-13,15,17-18,23H,5-7,14,16H2,1-4H3;7-8,10,12-13,15H,4-6,9,11H2,1-3H3;2-5,9-10H,1H3. The third-order valence-electron chi connectivity index (χ3n) is 10.5. The number of ether oxygens (including phenoxy) is 4. The van der Waals surface area contributed by atoms with E-state index in [1.807, 2.05) is 62.6 Å². The van der Waals surface area contributed by atoms with Gasteiger partial charge in [0.2, 0.25) is 0 Å². The molecule has 0 spiro atoms. The van der Waals surface area contributed by atoms with E-state index < -0.39 is 7.12 Å². The molecule has 2 N–H and O–H groups in total. The summed E-state index contributed by atoms with van der Waals surface area (Å²) >= 11 is 6.92. The SMILES string of the molecule is CCOC(=O)C(CC(C)C)c1ccc(OCC2CC2)c(-c2ccc(SC)cc2)c1.CCOC(=O)C(CC(C)C)c1ccc(OCC2CC2)c(Br)c1.CSc1ccc(B(O)O)cc1. The molecule has 0 bridgehead atoms. The van der Waals surface area contributed by atoms with E-state index in [1.165, 1.54) is 30.6 Å². The maximum atomic E-state index is 12.7. The van der Waals surface area contributed by atoms with Gasteiger partial charge in [0, 0.05) is 15.4 Å². The first-order chi connectivity index (χ1) is 29.8. The summed E-state index contributed by atoms with van der Waals surface area (Å²) in [5.41, 5.74) is 4.68. The first kappa shape index (κ1) is 51.2. The number of hydrogen-bond acceptors (Lipinski definition) is 10. The van der Waals surface area contributed by atoms with Crippen molar-refractivity contribution in [2.24, 2.45) is 23.7 Å². The Hall–Kier alpha value is -3.42. The maximum absolute atomic E-state index is 12.7. The lowest BCUT2D eigenvalue weighted by molar-refractivity contribution is -0.146. The van der Waals surface area contributed by atoms with Gasteiger partial charge in [-0.1, -0.05) is 64.1 Å². The van der Waals surface area contributed by atoms with Crippen LogP contribution in [0.1, 0.15) is 103 Å². The number of benzene rings is 4. The largest absolute Gasteiger partial charge is 0.493 e. The lowest BCUT2D eigenvalue weighted by Gasteiger charge is -2.20. The monoisotopic (exact) mass is 948 g/mol. The van der Waals surface area contributed by atoms with Gasteiger partial charge in [0.25, 0.3) is 0 Å². The van der Waals surface area contributed by atoms with Crippen molar-refractivity contribution < 1.29 is 38.6 Å². The van der Waals surface area contributed by atoms with Crippen LogP contribution in [0.4, 0.5) is 0 Å². The highest BCUT2D eigenvalue weighted by molar-refractivity contribution is 9.10. The average Bonchev–Trinajstić information content (AvgIpc) is 4.21. The zero-order chi connectivity index (χ0) is 45.2. The maximum Gasteiger partial charge on any atom is 0.488 e. The fourth-order valence-electron chi connectivity index (χ4n) is 6.66.